The Bertz CT molecular complexity index is 389. The molecule has 1 atom stereocenters. The van der Waals surface area contributed by atoms with Crippen molar-refractivity contribution in [1.82, 2.24) is 9.97 Å². The summed E-state index contributed by atoms with van der Waals surface area (Å²) in [6.07, 6.45) is 3.51. The van der Waals surface area contributed by atoms with Gasteiger partial charge in [0.2, 0.25) is 0 Å². The Labute approximate surface area is 103 Å². The van der Waals surface area contributed by atoms with Crippen LogP contribution in [0.25, 0.3) is 0 Å². The monoisotopic (exact) mass is 283 g/mol. The maximum atomic E-state index is 5.33. The van der Waals surface area contributed by atoms with Crippen LogP contribution in [0.2, 0.25) is 0 Å². The van der Waals surface area contributed by atoms with Crippen molar-refractivity contribution in [2.75, 3.05) is 18.5 Å². The van der Waals surface area contributed by atoms with E-state index in [1.54, 1.807) is 0 Å². The molecule has 0 aromatic carbocycles. The zero-order chi connectivity index (χ0) is 11.0. The highest BCUT2D eigenvalue weighted by Crippen LogP contribution is 2.38. The first-order chi connectivity index (χ1) is 7.81. The molecule has 1 aromatic heterocycles. The van der Waals surface area contributed by atoms with Crippen LogP contribution in [0.3, 0.4) is 0 Å². The molecule has 1 aliphatic heterocycles. The summed E-state index contributed by atoms with van der Waals surface area (Å²) < 4.78 is 6.20. The molecule has 1 saturated carbocycles. The first-order valence-electron chi connectivity index (χ1n) is 5.70. The zero-order valence-corrected chi connectivity index (χ0v) is 10.5. The van der Waals surface area contributed by atoms with Crippen molar-refractivity contribution in [2.24, 2.45) is 0 Å². The van der Waals surface area contributed by atoms with E-state index < -0.39 is 0 Å². The molecule has 0 amide bonds. The quantitative estimate of drug-likeness (QED) is 0.865. The van der Waals surface area contributed by atoms with Crippen molar-refractivity contribution in [1.29, 1.82) is 0 Å². The van der Waals surface area contributed by atoms with Crippen molar-refractivity contribution < 1.29 is 4.74 Å². The van der Waals surface area contributed by atoms with E-state index in [9.17, 15) is 0 Å². The van der Waals surface area contributed by atoms with Gasteiger partial charge in [0.25, 0.3) is 0 Å². The molecule has 2 fully saturated rings. The largest absolute Gasteiger partial charge is 0.379 e. The minimum atomic E-state index is 0.397. The van der Waals surface area contributed by atoms with Gasteiger partial charge in [0.15, 0.2) is 0 Å². The van der Waals surface area contributed by atoms with Crippen LogP contribution in [-0.4, -0.2) is 29.2 Å². The van der Waals surface area contributed by atoms with Gasteiger partial charge in [-0.3, -0.25) is 0 Å². The van der Waals surface area contributed by atoms with Crippen molar-refractivity contribution in [3.8, 4) is 0 Å². The van der Waals surface area contributed by atoms with E-state index in [2.05, 4.69) is 31.2 Å². The van der Waals surface area contributed by atoms with Crippen LogP contribution in [0.5, 0.6) is 0 Å². The summed E-state index contributed by atoms with van der Waals surface area (Å²) in [6.45, 7) is 1.62. The second-order valence-corrected chi connectivity index (χ2v) is 5.23. The Balaban J connectivity index is 1.76. The topological polar surface area (TPSA) is 47.0 Å². The van der Waals surface area contributed by atoms with Gasteiger partial charge < -0.3 is 10.1 Å². The summed E-state index contributed by atoms with van der Waals surface area (Å²) >= 11 is 3.44. The molecule has 3 rings (SSSR count). The highest BCUT2D eigenvalue weighted by Gasteiger charge is 2.27. The van der Waals surface area contributed by atoms with E-state index >= 15 is 0 Å². The number of halogens is 1. The first-order valence-corrected chi connectivity index (χ1v) is 6.49. The fourth-order valence-electron chi connectivity index (χ4n) is 1.89. The first kappa shape index (κ1) is 10.5. The van der Waals surface area contributed by atoms with Crippen LogP contribution < -0.4 is 5.32 Å². The Morgan fingerprint density at radius 2 is 2.19 bits per heavy atom. The third kappa shape index (κ3) is 2.35. The molecule has 2 heterocycles. The number of nitrogens with one attached hydrogen (secondary N) is 1. The SMILES string of the molecule is Brc1cc(NC2CCOC2)nc(C2CC2)n1. The molecule has 4 nitrogen and oxygen atoms in total. The third-order valence-corrected chi connectivity index (χ3v) is 3.34. The number of ether oxygens (including phenoxy) is 1. The maximum Gasteiger partial charge on any atom is 0.135 e. The van der Waals surface area contributed by atoms with E-state index in [-0.39, 0.29) is 0 Å². The lowest BCUT2D eigenvalue weighted by Crippen LogP contribution is -2.20. The van der Waals surface area contributed by atoms with Crippen LogP contribution in [0, 0.1) is 0 Å². The zero-order valence-electron chi connectivity index (χ0n) is 8.95. The molecule has 0 bridgehead atoms. The number of rotatable bonds is 3. The molecule has 1 unspecified atom stereocenters. The fraction of sp³-hybridized carbons (Fsp3) is 0.636. The van der Waals surface area contributed by atoms with Gasteiger partial charge in [-0.2, -0.15) is 0 Å². The predicted molar refractivity (Wildman–Crippen MR) is 64.6 cm³/mol. The van der Waals surface area contributed by atoms with Crippen LogP contribution in [-0.2, 0) is 4.74 Å². The van der Waals surface area contributed by atoms with Gasteiger partial charge in [0, 0.05) is 18.6 Å². The Kier molecular flexibility index (Phi) is 2.81. The summed E-state index contributed by atoms with van der Waals surface area (Å²) in [4.78, 5) is 8.96. The van der Waals surface area contributed by atoms with Gasteiger partial charge in [0.1, 0.15) is 16.2 Å². The number of anilines is 1. The molecule has 5 heteroatoms. The van der Waals surface area contributed by atoms with Gasteiger partial charge in [-0.05, 0) is 35.2 Å². The second-order valence-electron chi connectivity index (χ2n) is 4.41. The minimum Gasteiger partial charge on any atom is -0.379 e. The smallest absolute Gasteiger partial charge is 0.135 e. The van der Waals surface area contributed by atoms with Crippen LogP contribution in [0.1, 0.15) is 31.0 Å². The van der Waals surface area contributed by atoms with Gasteiger partial charge in [-0.15, -0.1) is 0 Å². The molecule has 1 aliphatic carbocycles. The maximum absolute atomic E-state index is 5.33. The van der Waals surface area contributed by atoms with E-state index in [4.69, 9.17) is 4.74 Å². The second kappa shape index (κ2) is 4.30. The predicted octanol–water partition coefficient (Wildman–Crippen LogP) is 2.32. The number of nitrogens with zero attached hydrogens (tertiary/aromatic N) is 2. The van der Waals surface area contributed by atoms with E-state index in [0.29, 0.717) is 12.0 Å². The van der Waals surface area contributed by atoms with Gasteiger partial charge in [0.05, 0.1) is 12.6 Å². The number of hydrogen-bond acceptors (Lipinski definition) is 4. The van der Waals surface area contributed by atoms with Gasteiger partial charge >= 0.3 is 0 Å². The lowest BCUT2D eigenvalue weighted by Gasteiger charge is -2.12. The standard InChI is InChI=1S/C11H14BrN3O/c12-9-5-10(13-8-3-4-16-6-8)15-11(14-9)7-1-2-7/h5,7-8H,1-4,6H2,(H,13,14,15). The Morgan fingerprint density at radius 3 is 2.88 bits per heavy atom. The highest BCUT2D eigenvalue weighted by molar-refractivity contribution is 9.10. The molecule has 2 aliphatic rings. The van der Waals surface area contributed by atoms with Gasteiger partial charge in [-0.1, -0.05) is 0 Å². The Morgan fingerprint density at radius 1 is 1.31 bits per heavy atom. The molecular formula is C11H14BrN3O. The molecule has 86 valence electrons. The summed E-state index contributed by atoms with van der Waals surface area (Å²) in [5.41, 5.74) is 0. The average molecular weight is 284 g/mol. The number of hydrogen-bond donors (Lipinski definition) is 1. The van der Waals surface area contributed by atoms with Gasteiger partial charge in [-0.25, -0.2) is 9.97 Å². The van der Waals surface area contributed by atoms with Crippen molar-refractivity contribution in [2.45, 2.75) is 31.2 Å². The van der Waals surface area contributed by atoms with E-state index in [1.165, 1.54) is 12.8 Å². The Hall–Kier alpha value is -0.680. The highest BCUT2D eigenvalue weighted by atomic mass is 79.9. The summed E-state index contributed by atoms with van der Waals surface area (Å²) in [7, 11) is 0. The molecule has 16 heavy (non-hydrogen) atoms. The van der Waals surface area contributed by atoms with Crippen LogP contribution >= 0.6 is 15.9 Å². The summed E-state index contributed by atoms with van der Waals surface area (Å²) in [6, 6.07) is 2.33. The van der Waals surface area contributed by atoms with Crippen LogP contribution in [0.4, 0.5) is 5.82 Å². The molecule has 1 saturated heterocycles. The van der Waals surface area contributed by atoms with E-state index in [1.807, 2.05) is 6.07 Å². The van der Waals surface area contributed by atoms with E-state index in [0.717, 1.165) is 35.9 Å². The normalized spacial score (nSPS) is 24.7. The third-order valence-electron chi connectivity index (χ3n) is 2.94. The minimum absolute atomic E-state index is 0.397. The molecule has 0 spiro atoms. The fourth-order valence-corrected chi connectivity index (χ4v) is 2.29. The lowest BCUT2D eigenvalue weighted by molar-refractivity contribution is 0.195. The lowest BCUT2D eigenvalue weighted by atomic mass is 10.2. The average Bonchev–Trinajstić information content (AvgIpc) is 2.98. The van der Waals surface area contributed by atoms with Crippen LogP contribution in [0.15, 0.2) is 10.7 Å². The molecule has 1 N–H and O–H groups in total. The van der Waals surface area contributed by atoms with Crippen molar-refractivity contribution in [3.05, 3.63) is 16.5 Å². The van der Waals surface area contributed by atoms with Crippen molar-refractivity contribution in [3.63, 3.8) is 0 Å². The summed E-state index contributed by atoms with van der Waals surface area (Å²) in [5.74, 6) is 2.47. The summed E-state index contributed by atoms with van der Waals surface area (Å²) in [5, 5.41) is 3.40. The molecule has 1 aromatic rings. The molecular weight excluding hydrogens is 270 g/mol. The number of aromatic nitrogens is 2. The van der Waals surface area contributed by atoms with Crippen molar-refractivity contribution >= 4 is 21.7 Å². The molecule has 0 radical (unpaired) electrons.